The van der Waals surface area contributed by atoms with Gasteiger partial charge in [0.05, 0.1) is 0 Å². The lowest BCUT2D eigenvalue weighted by atomic mass is 10.3. The van der Waals surface area contributed by atoms with Crippen LogP contribution >= 0.6 is 11.3 Å². The van der Waals surface area contributed by atoms with Gasteiger partial charge in [0.25, 0.3) is 5.56 Å². The van der Waals surface area contributed by atoms with Crippen LogP contribution < -0.4 is 15.4 Å². The van der Waals surface area contributed by atoms with Gasteiger partial charge in [-0.2, -0.15) is 4.52 Å². The summed E-state index contributed by atoms with van der Waals surface area (Å²) in [6.45, 7) is 3.47. The van der Waals surface area contributed by atoms with E-state index in [1.807, 2.05) is 24.4 Å². The third-order valence-electron chi connectivity index (χ3n) is 3.68. The van der Waals surface area contributed by atoms with E-state index in [1.165, 1.54) is 28.1 Å². The third kappa shape index (κ3) is 2.31. The second-order valence-electron chi connectivity index (χ2n) is 5.02. The Hall–Kier alpha value is -2.48. The fraction of sp³-hybridized carbons (Fsp3) is 0.286. The van der Waals surface area contributed by atoms with E-state index < -0.39 is 0 Å². The van der Waals surface area contributed by atoms with Crippen molar-refractivity contribution in [3.05, 3.63) is 47.0 Å². The van der Waals surface area contributed by atoms with Crippen LogP contribution in [0.3, 0.4) is 0 Å². The molecule has 0 atom stereocenters. The molecule has 0 aromatic carbocycles. The van der Waals surface area contributed by atoms with Crippen molar-refractivity contribution in [1.29, 1.82) is 0 Å². The molecule has 0 amide bonds. The summed E-state index contributed by atoms with van der Waals surface area (Å²) in [7, 11) is 0. The molecule has 1 aliphatic heterocycles. The monoisotopic (exact) mass is 314 g/mol. The lowest BCUT2D eigenvalue weighted by Crippen LogP contribution is -2.46. The first kappa shape index (κ1) is 13.2. The van der Waals surface area contributed by atoms with Gasteiger partial charge in [-0.3, -0.25) is 4.79 Å². The van der Waals surface area contributed by atoms with Crippen LogP contribution in [-0.2, 0) is 0 Å². The van der Waals surface area contributed by atoms with Crippen molar-refractivity contribution in [2.24, 2.45) is 0 Å². The Kier molecular flexibility index (Phi) is 3.23. The van der Waals surface area contributed by atoms with Crippen LogP contribution in [0.15, 0.2) is 41.5 Å². The van der Waals surface area contributed by atoms with Gasteiger partial charge in [0.1, 0.15) is 5.82 Å². The van der Waals surface area contributed by atoms with Gasteiger partial charge in [-0.1, -0.05) is 17.4 Å². The van der Waals surface area contributed by atoms with Crippen molar-refractivity contribution in [2.45, 2.75) is 0 Å². The summed E-state index contributed by atoms with van der Waals surface area (Å²) in [6, 6.07) is 7.37. The molecule has 22 heavy (non-hydrogen) atoms. The summed E-state index contributed by atoms with van der Waals surface area (Å²) >= 11 is 1.45. The molecule has 8 heteroatoms. The highest BCUT2D eigenvalue weighted by molar-refractivity contribution is 7.20. The fourth-order valence-electron chi connectivity index (χ4n) is 2.53. The molecule has 112 valence electrons. The molecule has 0 radical (unpaired) electrons. The zero-order valence-corrected chi connectivity index (χ0v) is 12.6. The number of rotatable bonds is 2. The first-order valence-electron chi connectivity index (χ1n) is 7.07. The summed E-state index contributed by atoms with van der Waals surface area (Å²) in [5.74, 6) is 1.00. The maximum atomic E-state index is 11.7. The molecule has 7 nitrogen and oxygen atoms in total. The smallest absolute Gasteiger partial charge is 0.275 e. The first-order valence-corrected chi connectivity index (χ1v) is 7.89. The van der Waals surface area contributed by atoms with Gasteiger partial charge < -0.3 is 9.80 Å². The van der Waals surface area contributed by atoms with Crippen molar-refractivity contribution >= 4 is 27.2 Å². The van der Waals surface area contributed by atoms with Crippen molar-refractivity contribution in [2.75, 3.05) is 36.0 Å². The van der Waals surface area contributed by atoms with Gasteiger partial charge in [0.15, 0.2) is 0 Å². The van der Waals surface area contributed by atoms with Crippen LogP contribution in [0, 0.1) is 0 Å². The highest BCUT2D eigenvalue weighted by Crippen LogP contribution is 2.23. The molecule has 0 spiro atoms. The van der Waals surface area contributed by atoms with E-state index in [9.17, 15) is 4.79 Å². The van der Waals surface area contributed by atoms with Crippen LogP contribution in [0.4, 0.5) is 10.9 Å². The number of nitrogens with zero attached hydrogens (tertiary/aromatic N) is 6. The number of fused-ring (bicyclic) bond motifs is 1. The standard InChI is InChI=1S/C14H14N6OS/c21-12-4-6-16-13-20(12)17-14(22-13)19-9-7-18(8-10-19)11-3-1-2-5-15-11/h1-6H,7-10H2. The molecule has 1 saturated heterocycles. The summed E-state index contributed by atoms with van der Waals surface area (Å²) in [5, 5.41) is 5.23. The maximum Gasteiger partial charge on any atom is 0.275 e. The van der Waals surface area contributed by atoms with Crippen molar-refractivity contribution in [3.8, 4) is 0 Å². The Morgan fingerprint density at radius 1 is 0.955 bits per heavy atom. The van der Waals surface area contributed by atoms with Crippen LogP contribution in [0.1, 0.15) is 0 Å². The topological polar surface area (TPSA) is 66.6 Å². The quantitative estimate of drug-likeness (QED) is 0.699. The number of hydrogen-bond donors (Lipinski definition) is 0. The van der Waals surface area contributed by atoms with Gasteiger partial charge in [-0.05, 0) is 12.1 Å². The van der Waals surface area contributed by atoms with Crippen molar-refractivity contribution in [3.63, 3.8) is 0 Å². The number of aromatic nitrogens is 4. The zero-order chi connectivity index (χ0) is 14.9. The molecule has 3 aromatic heterocycles. The second kappa shape index (κ2) is 5.38. The van der Waals surface area contributed by atoms with Crippen molar-refractivity contribution < 1.29 is 0 Å². The van der Waals surface area contributed by atoms with Crippen LogP contribution in [0.25, 0.3) is 4.96 Å². The summed E-state index contributed by atoms with van der Waals surface area (Å²) in [5.41, 5.74) is -0.139. The van der Waals surface area contributed by atoms with Crippen LogP contribution in [0.2, 0.25) is 0 Å². The molecular formula is C14H14N6OS. The van der Waals surface area contributed by atoms with E-state index >= 15 is 0 Å². The minimum atomic E-state index is -0.139. The van der Waals surface area contributed by atoms with Gasteiger partial charge in [0.2, 0.25) is 10.1 Å². The van der Waals surface area contributed by atoms with Gasteiger partial charge in [-0.25, -0.2) is 9.97 Å². The van der Waals surface area contributed by atoms with Crippen LogP contribution in [0.5, 0.6) is 0 Å². The normalized spacial score (nSPS) is 15.5. The highest BCUT2D eigenvalue weighted by atomic mass is 32.1. The van der Waals surface area contributed by atoms with Gasteiger partial charge in [0, 0.05) is 44.6 Å². The lowest BCUT2D eigenvalue weighted by Gasteiger charge is -2.34. The Balaban J connectivity index is 1.53. The van der Waals surface area contributed by atoms with E-state index in [4.69, 9.17) is 0 Å². The molecule has 0 N–H and O–H groups in total. The Morgan fingerprint density at radius 3 is 2.50 bits per heavy atom. The summed E-state index contributed by atoms with van der Waals surface area (Å²) in [6.07, 6.45) is 3.34. The molecule has 0 unspecified atom stereocenters. The van der Waals surface area contributed by atoms with Crippen LogP contribution in [-0.4, -0.2) is 45.8 Å². The predicted molar refractivity (Wildman–Crippen MR) is 85.8 cm³/mol. The zero-order valence-electron chi connectivity index (χ0n) is 11.8. The SMILES string of the molecule is O=c1ccnc2sc(N3CCN(c4ccccn4)CC3)nn12. The van der Waals surface area contributed by atoms with E-state index in [0.29, 0.717) is 4.96 Å². The molecule has 1 fully saturated rings. The molecule has 3 aromatic rings. The molecule has 4 heterocycles. The van der Waals surface area contributed by atoms with E-state index in [1.54, 1.807) is 0 Å². The molecular weight excluding hydrogens is 300 g/mol. The molecule has 0 bridgehead atoms. The molecule has 1 aliphatic rings. The number of piperazine rings is 1. The average molecular weight is 314 g/mol. The van der Waals surface area contributed by atoms with E-state index in [-0.39, 0.29) is 5.56 Å². The summed E-state index contributed by atoms with van der Waals surface area (Å²) in [4.78, 5) is 25.4. The molecule has 0 saturated carbocycles. The second-order valence-corrected chi connectivity index (χ2v) is 5.96. The lowest BCUT2D eigenvalue weighted by molar-refractivity contribution is 0.641. The van der Waals surface area contributed by atoms with Crippen molar-refractivity contribution in [1.82, 2.24) is 19.6 Å². The Morgan fingerprint density at radius 2 is 1.77 bits per heavy atom. The fourth-order valence-corrected chi connectivity index (χ4v) is 3.46. The molecule has 4 rings (SSSR count). The van der Waals surface area contributed by atoms with E-state index in [0.717, 1.165) is 37.1 Å². The Bertz CT molecular complexity index is 837. The number of pyridine rings is 1. The largest absolute Gasteiger partial charge is 0.353 e. The predicted octanol–water partition coefficient (Wildman–Crippen LogP) is 0.873. The third-order valence-corrected chi connectivity index (χ3v) is 4.67. The first-order chi connectivity index (χ1) is 10.8. The van der Waals surface area contributed by atoms with Gasteiger partial charge in [-0.15, -0.1) is 5.10 Å². The van der Waals surface area contributed by atoms with Gasteiger partial charge >= 0.3 is 0 Å². The Labute approximate surface area is 130 Å². The minimum Gasteiger partial charge on any atom is -0.353 e. The maximum absolute atomic E-state index is 11.7. The summed E-state index contributed by atoms with van der Waals surface area (Å²) < 4.78 is 1.37. The number of anilines is 2. The van der Waals surface area contributed by atoms with E-state index in [2.05, 4.69) is 24.9 Å². The average Bonchev–Trinajstić information content (AvgIpc) is 3.02. The highest BCUT2D eigenvalue weighted by Gasteiger charge is 2.21. The minimum absolute atomic E-state index is 0.139. The number of hydrogen-bond acceptors (Lipinski definition) is 7. The molecule has 0 aliphatic carbocycles.